The SMILES string of the molecule is Cn1c2ccc(-c3cc4ccccc4s3)cc2c(=O)c2cc3c(cc21)c(=O)c1cc(-c2cc4ccccc4s2)ccc1n3C. The number of benzene rings is 5. The summed E-state index contributed by atoms with van der Waals surface area (Å²) in [7, 11) is 3.94. The highest BCUT2D eigenvalue weighted by molar-refractivity contribution is 7.22. The van der Waals surface area contributed by atoms with Gasteiger partial charge >= 0.3 is 0 Å². The van der Waals surface area contributed by atoms with Gasteiger partial charge in [-0.3, -0.25) is 9.59 Å². The van der Waals surface area contributed by atoms with Crippen molar-refractivity contribution in [2.45, 2.75) is 0 Å². The van der Waals surface area contributed by atoms with Gasteiger partial charge in [-0.05, 0) is 82.6 Å². The lowest BCUT2D eigenvalue weighted by Gasteiger charge is -2.15. The van der Waals surface area contributed by atoms with Crippen molar-refractivity contribution in [1.29, 1.82) is 0 Å². The summed E-state index contributed by atoms with van der Waals surface area (Å²) in [6, 6.07) is 37.1. The monoisotopic (exact) mass is 604 g/mol. The molecule has 0 aliphatic heterocycles. The fourth-order valence-electron chi connectivity index (χ4n) is 6.62. The average molecular weight is 605 g/mol. The Hall–Kier alpha value is -5.04. The van der Waals surface area contributed by atoms with Crippen molar-refractivity contribution in [3.05, 3.63) is 130 Å². The third-order valence-corrected chi connectivity index (χ3v) is 11.3. The fourth-order valence-corrected chi connectivity index (χ4v) is 8.74. The molecule has 0 amide bonds. The maximum Gasteiger partial charge on any atom is 0.197 e. The molecule has 0 unspecified atom stereocenters. The largest absolute Gasteiger partial charge is 0.343 e. The second kappa shape index (κ2) is 9.23. The highest BCUT2D eigenvalue weighted by atomic mass is 32.1. The van der Waals surface area contributed by atoms with E-state index in [1.807, 2.05) is 71.8 Å². The molecule has 0 atom stereocenters. The molecule has 0 saturated heterocycles. The van der Waals surface area contributed by atoms with Crippen LogP contribution in [-0.4, -0.2) is 9.13 Å². The maximum absolute atomic E-state index is 14.1. The highest BCUT2D eigenvalue weighted by Gasteiger charge is 2.17. The van der Waals surface area contributed by atoms with E-state index in [1.54, 1.807) is 22.7 Å². The molecule has 0 aliphatic carbocycles. The molecule has 0 N–H and O–H groups in total. The summed E-state index contributed by atoms with van der Waals surface area (Å²) in [4.78, 5) is 30.4. The van der Waals surface area contributed by atoms with E-state index >= 15 is 0 Å². The van der Waals surface area contributed by atoms with Gasteiger partial charge in [0.15, 0.2) is 10.9 Å². The first-order valence-electron chi connectivity index (χ1n) is 14.5. The number of rotatable bonds is 2. The number of aryl methyl sites for hydroxylation is 2. The second-order valence-corrected chi connectivity index (χ2v) is 13.6. The van der Waals surface area contributed by atoms with Crippen molar-refractivity contribution in [2.24, 2.45) is 14.1 Å². The Morgan fingerprint density at radius 2 is 0.864 bits per heavy atom. The van der Waals surface area contributed by atoms with Gasteiger partial charge in [0.05, 0.1) is 22.1 Å². The van der Waals surface area contributed by atoms with Crippen molar-refractivity contribution in [2.75, 3.05) is 0 Å². The van der Waals surface area contributed by atoms with Crippen LogP contribution < -0.4 is 10.9 Å². The number of thiophene rings is 2. The van der Waals surface area contributed by atoms with Crippen LogP contribution in [-0.2, 0) is 14.1 Å². The van der Waals surface area contributed by atoms with E-state index in [-0.39, 0.29) is 10.9 Å². The summed E-state index contributed by atoms with van der Waals surface area (Å²) in [5.74, 6) is 0. The lowest BCUT2D eigenvalue weighted by atomic mass is 10.0. The molecule has 4 aromatic heterocycles. The van der Waals surface area contributed by atoms with E-state index in [1.165, 1.54) is 20.2 Å². The molecule has 0 bridgehead atoms. The molecule has 0 spiro atoms. The molecular weight excluding hydrogens is 581 g/mol. The minimum Gasteiger partial charge on any atom is -0.343 e. The molecule has 0 aliphatic rings. The molecule has 0 radical (unpaired) electrons. The van der Waals surface area contributed by atoms with Gasteiger partial charge in [-0.15, -0.1) is 22.7 Å². The normalized spacial score (nSPS) is 12.0. The van der Waals surface area contributed by atoms with Crippen LogP contribution >= 0.6 is 22.7 Å². The predicted octanol–water partition coefficient (Wildman–Crippen LogP) is 9.46. The first kappa shape index (κ1) is 25.5. The standard InChI is InChI=1S/C38H24N2O2S2/c1-39-29-13-11-23(35-17-21-7-3-5-9-33(21)43-35)15-25(29)37(41)27-20-32-28(19-31(27)39)38(42)26-16-24(12-14-30(26)40(32)2)36-18-22-8-4-6-10-34(22)44-36/h3-20H,1-2H3. The number of aromatic nitrogens is 2. The number of hydrogen-bond acceptors (Lipinski definition) is 4. The quantitative estimate of drug-likeness (QED) is 0.185. The molecule has 9 aromatic rings. The molecule has 6 heteroatoms. The van der Waals surface area contributed by atoms with Crippen LogP contribution in [0.1, 0.15) is 0 Å². The van der Waals surface area contributed by atoms with Crippen LogP contribution in [0.15, 0.2) is 119 Å². The second-order valence-electron chi connectivity index (χ2n) is 11.4. The summed E-state index contributed by atoms with van der Waals surface area (Å²) in [6.07, 6.45) is 0. The van der Waals surface area contributed by atoms with Crippen molar-refractivity contribution in [3.8, 4) is 20.9 Å². The van der Waals surface area contributed by atoms with E-state index in [2.05, 4.69) is 60.7 Å². The summed E-state index contributed by atoms with van der Waals surface area (Å²) in [6.45, 7) is 0. The van der Waals surface area contributed by atoms with Crippen LogP contribution in [0.3, 0.4) is 0 Å². The van der Waals surface area contributed by atoms with Gasteiger partial charge in [0.1, 0.15) is 0 Å². The van der Waals surface area contributed by atoms with Crippen LogP contribution in [0, 0.1) is 0 Å². The van der Waals surface area contributed by atoms with Crippen LogP contribution in [0.2, 0.25) is 0 Å². The van der Waals surface area contributed by atoms with E-state index in [0.717, 1.165) is 42.9 Å². The predicted molar refractivity (Wildman–Crippen MR) is 189 cm³/mol. The van der Waals surface area contributed by atoms with Gasteiger partial charge < -0.3 is 9.13 Å². The van der Waals surface area contributed by atoms with E-state index < -0.39 is 0 Å². The van der Waals surface area contributed by atoms with Crippen LogP contribution in [0.25, 0.3) is 84.7 Å². The Labute approximate surface area is 259 Å². The van der Waals surface area contributed by atoms with E-state index in [9.17, 15) is 9.59 Å². The van der Waals surface area contributed by atoms with E-state index in [4.69, 9.17) is 0 Å². The molecule has 5 aromatic carbocycles. The molecule has 0 fully saturated rings. The topological polar surface area (TPSA) is 44.0 Å². The minimum atomic E-state index is -0.0226. The first-order chi connectivity index (χ1) is 21.4. The average Bonchev–Trinajstić information content (AvgIpc) is 3.70. The Bertz CT molecular complexity index is 2540. The molecule has 44 heavy (non-hydrogen) atoms. The smallest absolute Gasteiger partial charge is 0.197 e. The lowest BCUT2D eigenvalue weighted by molar-refractivity contribution is 0.994. The Morgan fingerprint density at radius 1 is 0.455 bits per heavy atom. The molecule has 4 heterocycles. The molecule has 4 nitrogen and oxygen atoms in total. The molecular formula is C38H24N2O2S2. The van der Waals surface area contributed by atoms with Crippen molar-refractivity contribution in [3.63, 3.8) is 0 Å². The number of nitrogens with zero attached hydrogens (tertiary/aromatic N) is 2. The van der Waals surface area contributed by atoms with Gasteiger partial charge in [-0.1, -0.05) is 48.5 Å². The van der Waals surface area contributed by atoms with Crippen molar-refractivity contribution < 1.29 is 0 Å². The third-order valence-electron chi connectivity index (χ3n) is 8.95. The Kier molecular flexibility index (Phi) is 5.34. The zero-order valence-electron chi connectivity index (χ0n) is 23.9. The third kappa shape index (κ3) is 3.62. The van der Waals surface area contributed by atoms with Gasteiger partial charge in [0, 0.05) is 54.8 Å². The first-order valence-corrected chi connectivity index (χ1v) is 16.1. The van der Waals surface area contributed by atoms with Gasteiger partial charge in [-0.2, -0.15) is 0 Å². The van der Waals surface area contributed by atoms with Gasteiger partial charge in [0.25, 0.3) is 0 Å². The highest BCUT2D eigenvalue weighted by Crippen LogP contribution is 2.36. The Morgan fingerprint density at radius 3 is 1.30 bits per heavy atom. The van der Waals surface area contributed by atoms with Crippen molar-refractivity contribution in [1.82, 2.24) is 9.13 Å². The fraction of sp³-hybridized carbons (Fsp3) is 0.0526. The molecule has 210 valence electrons. The summed E-state index contributed by atoms with van der Waals surface area (Å²) in [5, 5.41) is 4.97. The number of pyridine rings is 2. The molecule has 9 rings (SSSR count). The maximum atomic E-state index is 14.1. The van der Waals surface area contributed by atoms with Crippen LogP contribution in [0.4, 0.5) is 0 Å². The van der Waals surface area contributed by atoms with Gasteiger partial charge in [-0.25, -0.2) is 0 Å². The van der Waals surface area contributed by atoms with Crippen LogP contribution in [0.5, 0.6) is 0 Å². The number of fused-ring (bicyclic) bond motifs is 6. The minimum absolute atomic E-state index is 0.0226. The summed E-state index contributed by atoms with van der Waals surface area (Å²) < 4.78 is 6.53. The zero-order chi connectivity index (χ0) is 29.7. The molecule has 0 saturated carbocycles. The number of hydrogen-bond donors (Lipinski definition) is 0. The van der Waals surface area contributed by atoms with E-state index in [0.29, 0.717) is 21.5 Å². The Balaban J connectivity index is 1.27. The van der Waals surface area contributed by atoms with Crippen molar-refractivity contribution >= 4 is 86.5 Å². The van der Waals surface area contributed by atoms with Gasteiger partial charge in [0.2, 0.25) is 0 Å². The summed E-state index contributed by atoms with van der Waals surface area (Å²) >= 11 is 3.47. The zero-order valence-corrected chi connectivity index (χ0v) is 25.6. The summed E-state index contributed by atoms with van der Waals surface area (Å²) in [5.41, 5.74) is 5.21. The lowest BCUT2D eigenvalue weighted by Crippen LogP contribution is -2.13.